The Bertz CT molecular complexity index is 713. The minimum absolute atomic E-state index is 0.109. The zero-order chi connectivity index (χ0) is 22.2. The van der Waals surface area contributed by atoms with E-state index >= 15 is 0 Å². The molecule has 2 fully saturated rings. The summed E-state index contributed by atoms with van der Waals surface area (Å²) in [5, 5.41) is 11.8. The maximum atomic E-state index is 11.8. The molecule has 0 unspecified atom stereocenters. The lowest BCUT2D eigenvalue weighted by atomic mass is 9.81. The van der Waals surface area contributed by atoms with Crippen LogP contribution in [-0.4, -0.2) is 43.7 Å². The number of rotatable bonds is 10. The van der Waals surface area contributed by atoms with Crippen molar-refractivity contribution in [3.63, 3.8) is 0 Å². The van der Waals surface area contributed by atoms with Crippen LogP contribution in [0.5, 0.6) is 11.5 Å². The molecule has 0 bridgehead atoms. The average Bonchev–Trinajstić information content (AvgIpc) is 2.79. The molecule has 7 heteroatoms. The summed E-state index contributed by atoms with van der Waals surface area (Å²) < 4.78 is 10.7. The number of hydrogen-bond donors (Lipinski definition) is 1. The minimum Gasteiger partial charge on any atom is -0.493 e. The quantitative estimate of drug-likeness (QED) is 0.423. The number of benzene rings is 1. The van der Waals surface area contributed by atoms with Gasteiger partial charge in [-0.05, 0) is 68.9 Å². The maximum Gasteiger partial charge on any atom is 0.277 e. The van der Waals surface area contributed by atoms with Crippen LogP contribution in [0.1, 0.15) is 63.4 Å². The molecule has 3 rings (SSSR count). The molecule has 0 radical (unpaired) electrons. The van der Waals surface area contributed by atoms with Crippen LogP contribution in [0, 0.1) is 27.9 Å². The fourth-order valence-electron chi connectivity index (χ4n) is 5.40. The van der Waals surface area contributed by atoms with Crippen molar-refractivity contribution in [2.75, 3.05) is 33.9 Å². The molecule has 0 aromatic heterocycles. The Balaban J connectivity index is 1.79. The van der Waals surface area contributed by atoms with Crippen molar-refractivity contribution in [2.45, 2.75) is 64.3 Å². The molecule has 0 heterocycles. The summed E-state index contributed by atoms with van der Waals surface area (Å²) in [6.45, 7) is 3.38. The van der Waals surface area contributed by atoms with E-state index in [9.17, 15) is 10.1 Å². The smallest absolute Gasteiger partial charge is 0.277 e. The fourth-order valence-corrected chi connectivity index (χ4v) is 5.40. The van der Waals surface area contributed by atoms with E-state index < -0.39 is 0 Å². The van der Waals surface area contributed by atoms with Crippen LogP contribution in [-0.2, 0) is 6.54 Å². The van der Waals surface area contributed by atoms with Crippen molar-refractivity contribution in [2.24, 2.45) is 23.5 Å². The number of hydrogen-bond acceptors (Lipinski definition) is 6. The largest absolute Gasteiger partial charge is 0.493 e. The summed E-state index contributed by atoms with van der Waals surface area (Å²) in [5.41, 5.74) is 6.69. The van der Waals surface area contributed by atoms with Gasteiger partial charge < -0.3 is 15.2 Å². The zero-order valence-corrected chi connectivity index (χ0v) is 19.2. The maximum absolute atomic E-state index is 11.8. The molecule has 0 atom stereocenters. The Labute approximate surface area is 186 Å². The van der Waals surface area contributed by atoms with Gasteiger partial charge in [-0.1, -0.05) is 19.3 Å². The van der Waals surface area contributed by atoms with E-state index in [0.29, 0.717) is 41.4 Å². The second-order valence-corrected chi connectivity index (χ2v) is 9.41. The molecule has 2 N–H and O–H groups in total. The Morgan fingerprint density at radius 1 is 0.935 bits per heavy atom. The van der Waals surface area contributed by atoms with Gasteiger partial charge in [0.15, 0.2) is 11.5 Å². The van der Waals surface area contributed by atoms with Gasteiger partial charge in [0.05, 0.1) is 25.2 Å². The zero-order valence-electron chi connectivity index (χ0n) is 19.2. The molecule has 7 nitrogen and oxygen atoms in total. The van der Waals surface area contributed by atoms with Crippen molar-refractivity contribution in [1.29, 1.82) is 0 Å². The summed E-state index contributed by atoms with van der Waals surface area (Å²) in [5.74, 6) is 2.94. The summed E-state index contributed by atoms with van der Waals surface area (Å²) >= 11 is 0. The van der Waals surface area contributed by atoms with Crippen molar-refractivity contribution >= 4 is 5.69 Å². The highest BCUT2D eigenvalue weighted by molar-refractivity contribution is 5.54. The van der Waals surface area contributed by atoms with Crippen LogP contribution in [0.15, 0.2) is 12.1 Å². The number of nitrogens with zero attached hydrogens (tertiary/aromatic N) is 2. The number of nitrogens with two attached hydrogens (primary N) is 1. The molecule has 0 saturated heterocycles. The van der Waals surface area contributed by atoms with Crippen LogP contribution < -0.4 is 15.2 Å². The van der Waals surface area contributed by atoms with Crippen molar-refractivity contribution < 1.29 is 14.4 Å². The molecule has 0 aliphatic heterocycles. The third-order valence-electron chi connectivity index (χ3n) is 7.23. The molecule has 2 aliphatic carbocycles. The van der Waals surface area contributed by atoms with E-state index in [1.807, 2.05) is 0 Å². The molecular formula is C24H39N3O4. The van der Waals surface area contributed by atoms with Gasteiger partial charge in [0.25, 0.3) is 5.69 Å². The molecule has 0 amide bonds. The molecule has 0 spiro atoms. The van der Waals surface area contributed by atoms with Gasteiger partial charge >= 0.3 is 0 Å². The van der Waals surface area contributed by atoms with E-state index in [1.165, 1.54) is 71.0 Å². The van der Waals surface area contributed by atoms with Crippen LogP contribution >= 0.6 is 0 Å². The van der Waals surface area contributed by atoms with Crippen LogP contribution in [0.2, 0.25) is 0 Å². The molecular weight excluding hydrogens is 394 g/mol. The summed E-state index contributed by atoms with van der Waals surface area (Å²) in [4.78, 5) is 14.0. The highest BCUT2D eigenvalue weighted by Crippen LogP contribution is 2.36. The third-order valence-corrected chi connectivity index (χ3v) is 7.23. The normalized spacial score (nSPS) is 22.5. The first kappa shape index (κ1) is 23.8. The molecule has 174 valence electrons. The third kappa shape index (κ3) is 6.56. The first-order chi connectivity index (χ1) is 15.0. The minimum atomic E-state index is -0.303. The van der Waals surface area contributed by atoms with E-state index in [0.717, 1.165) is 19.6 Å². The van der Waals surface area contributed by atoms with Gasteiger partial charge in [-0.25, -0.2) is 0 Å². The molecule has 2 saturated carbocycles. The Kier molecular flexibility index (Phi) is 8.96. The second kappa shape index (κ2) is 11.7. The molecule has 1 aromatic rings. The van der Waals surface area contributed by atoms with Gasteiger partial charge in [-0.2, -0.15) is 0 Å². The van der Waals surface area contributed by atoms with Crippen molar-refractivity contribution in [3.05, 3.63) is 27.8 Å². The van der Waals surface area contributed by atoms with E-state index in [4.69, 9.17) is 15.2 Å². The number of ether oxygens (including phenoxy) is 2. The molecule has 2 aliphatic rings. The monoisotopic (exact) mass is 433 g/mol. The fraction of sp³-hybridized carbons (Fsp3) is 0.750. The second-order valence-electron chi connectivity index (χ2n) is 9.41. The summed E-state index contributed by atoms with van der Waals surface area (Å²) in [7, 11) is 3.08. The first-order valence-electron chi connectivity index (χ1n) is 11.9. The van der Waals surface area contributed by atoms with Gasteiger partial charge in [-0.15, -0.1) is 0 Å². The van der Waals surface area contributed by atoms with Gasteiger partial charge in [-0.3, -0.25) is 15.0 Å². The van der Waals surface area contributed by atoms with Gasteiger partial charge in [0.2, 0.25) is 0 Å². The highest BCUT2D eigenvalue weighted by Gasteiger charge is 2.27. The first-order valence-corrected chi connectivity index (χ1v) is 11.9. The van der Waals surface area contributed by atoms with Crippen molar-refractivity contribution in [3.8, 4) is 11.5 Å². The van der Waals surface area contributed by atoms with Crippen LogP contribution in [0.25, 0.3) is 0 Å². The molecule has 1 aromatic carbocycles. The highest BCUT2D eigenvalue weighted by atomic mass is 16.6. The molecule has 31 heavy (non-hydrogen) atoms. The van der Waals surface area contributed by atoms with E-state index in [-0.39, 0.29) is 10.6 Å². The predicted octanol–water partition coefficient (Wildman–Crippen LogP) is 4.76. The SMILES string of the molecule is COc1cc(CN(CC2CCCCC2)CC2CCC(CN)CC2)c([N+](=O)[O-])cc1OC. The van der Waals surface area contributed by atoms with Crippen LogP contribution in [0.3, 0.4) is 0 Å². The van der Waals surface area contributed by atoms with Crippen molar-refractivity contribution in [1.82, 2.24) is 4.90 Å². The summed E-state index contributed by atoms with van der Waals surface area (Å²) in [6.07, 6.45) is 11.3. The number of methoxy groups -OCH3 is 2. The van der Waals surface area contributed by atoms with E-state index in [1.54, 1.807) is 13.2 Å². The van der Waals surface area contributed by atoms with Crippen LogP contribution in [0.4, 0.5) is 5.69 Å². The number of nitro groups is 1. The topological polar surface area (TPSA) is 90.9 Å². The van der Waals surface area contributed by atoms with Gasteiger partial charge in [0.1, 0.15) is 0 Å². The lowest BCUT2D eigenvalue weighted by molar-refractivity contribution is -0.385. The summed E-state index contributed by atoms with van der Waals surface area (Å²) in [6, 6.07) is 3.29. The Hall–Kier alpha value is -1.86. The standard InChI is InChI=1S/C24H39N3O4/c1-30-23-12-21(22(27(28)29)13-24(23)31-2)17-26(15-19-6-4-3-5-7-19)16-20-10-8-18(14-25)9-11-20/h12-13,18-20H,3-11,14-17,25H2,1-2H3. The van der Waals surface area contributed by atoms with E-state index in [2.05, 4.69) is 4.90 Å². The lowest BCUT2D eigenvalue weighted by Crippen LogP contribution is -2.36. The Morgan fingerprint density at radius 2 is 1.48 bits per heavy atom. The number of nitro benzene ring substituents is 1. The average molecular weight is 434 g/mol. The lowest BCUT2D eigenvalue weighted by Gasteiger charge is -2.35. The predicted molar refractivity (Wildman–Crippen MR) is 123 cm³/mol. The van der Waals surface area contributed by atoms with Gasteiger partial charge in [0, 0.05) is 25.2 Å². The Morgan fingerprint density at radius 3 is 2.03 bits per heavy atom.